The van der Waals surface area contributed by atoms with Crippen LogP contribution < -0.4 is 0 Å². The third kappa shape index (κ3) is 2.08. The molecule has 4 nitrogen and oxygen atoms in total. The van der Waals surface area contributed by atoms with E-state index in [1.807, 2.05) is 0 Å². The Morgan fingerprint density at radius 2 is 2.19 bits per heavy atom. The van der Waals surface area contributed by atoms with E-state index < -0.39 is 29.3 Å². The molecule has 16 heavy (non-hydrogen) atoms. The summed E-state index contributed by atoms with van der Waals surface area (Å²) in [5.74, 6) is -1.61. The second kappa shape index (κ2) is 4.57. The third-order valence-corrected chi connectivity index (χ3v) is 1.92. The number of halogens is 2. The quantitative estimate of drug-likeness (QED) is 0.784. The molecule has 1 rings (SSSR count). The average molecular weight is 227 g/mol. The summed E-state index contributed by atoms with van der Waals surface area (Å²) < 4.78 is 29.3. The van der Waals surface area contributed by atoms with Gasteiger partial charge in [-0.15, -0.1) is 0 Å². The van der Waals surface area contributed by atoms with Crippen LogP contribution in [0.1, 0.15) is 27.9 Å². The number of hydrogen-bond acceptors (Lipinski definition) is 4. The fourth-order valence-electron chi connectivity index (χ4n) is 1.20. The van der Waals surface area contributed by atoms with E-state index in [-0.39, 0.29) is 5.56 Å². The number of nitriles is 1. The van der Waals surface area contributed by atoms with Crippen LogP contribution in [0.3, 0.4) is 0 Å². The van der Waals surface area contributed by atoms with Crippen molar-refractivity contribution in [3.05, 3.63) is 28.8 Å². The third-order valence-electron chi connectivity index (χ3n) is 1.92. The van der Waals surface area contributed by atoms with Crippen molar-refractivity contribution >= 4 is 5.97 Å². The van der Waals surface area contributed by atoms with Crippen LogP contribution in [0.2, 0.25) is 0 Å². The minimum atomic E-state index is -2.98. The molecule has 0 amide bonds. The van der Waals surface area contributed by atoms with Crippen molar-refractivity contribution in [1.29, 1.82) is 5.26 Å². The van der Waals surface area contributed by atoms with Gasteiger partial charge in [0.15, 0.2) is 0 Å². The van der Waals surface area contributed by atoms with Crippen molar-refractivity contribution < 1.29 is 23.4 Å². The number of phenolic OH excluding ortho intramolecular Hbond substituents is 1. The van der Waals surface area contributed by atoms with Gasteiger partial charge < -0.3 is 9.84 Å². The Balaban J connectivity index is 3.39. The molecule has 1 aromatic rings. The second-order valence-electron chi connectivity index (χ2n) is 2.86. The Bertz CT molecular complexity index is 466. The summed E-state index contributed by atoms with van der Waals surface area (Å²) in [6, 6.07) is 3.28. The largest absolute Gasteiger partial charge is 0.507 e. The fraction of sp³-hybridized carbons (Fsp3) is 0.200. The van der Waals surface area contributed by atoms with Gasteiger partial charge in [0, 0.05) is 0 Å². The summed E-state index contributed by atoms with van der Waals surface area (Å²) in [7, 11) is 1.10. The Labute approximate surface area is 89.7 Å². The van der Waals surface area contributed by atoms with Crippen LogP contribution in [0.5, 0.6) is 5.75 Å². The molecule has 6 heteroatoms. The molecule has 0 bridgehead atoms. The predicted octanol–water partition coefficient (Wildman–Crippen LogP) is 1.99. The molecule has 0 aliphatic carbocycles. The number of alkyl halides is 2. The maximum Gasteiger partial charge on any atom is 0.338 e. The minimum Gasteiger partial charge on any atom is -0.507 e. The topological polar surface area (TPSA) is 70.3 Å². The van der Waals surface area contributed by atoms with E-state index in [2.05, 4.69) is 4.74 Å². The smallest absolute Gasteiger partial charge is 0.338 e. The second-order valence-corrected chi connectivity index (χ2v) is 2.86. The minimum absolute atomic E-state index is 0.152. The lowest BCUT2D eigenvalue weighted by molar-refractivity contribution is 0.0599. The molecule has 1 N–H and O–H groups in total. The van der Waals surface area contributed by atoms with E-state index in [1.54, 1.807) is 0 Å². The van der Waals surface area contributed by atoms with Gasteiger partial charge in [0.1, 0.15) is 5.75 Å². The number of ether oxygens (including phenoxy) is 1. The highest BCUT2D eigenvalue weighted by Gasteiger charge is 2.21. The molecule has 0 atom stereocenters. The van der Waals surface area contributed by atoms with E-state index in [0.717, 1.165) is 19.2 Å². The lowest BCUT2D eigenvalue weighted by Crippen LogP contribution is -2.03. The van der Waals surface area contributed by atoms with Crippen LogP contribution in [0.15, 0.2) is 12.1 Å². The fourth-order valence-corrected chi connectivity index (χ4v) is 1.20. The SMILES string of the molecule is COC(=O)c1cc(O)c(C(F)F)c(C#N)c1. The number of hydrogen-bond donors (Lipinski definition) is 1. The summed E-state index contributed by atoms with van der Waals surface area (Å²) in [5.41, 5.74) is -1.38. The van der Waals surface area contributed by atoms with Crippen molar-refractivity contribution in [3.8, 4) is 11.8 Å². The molecule has 0 aliphatic rings. The number of esters is 1. The zero-order chi connectivity index (χ0) is 12.3. The van der Waals surface area contributed by atoms with Gasteiger partial charge in [0.25, 0.3) is 6.43 Å². The monoisotopic (exact) mass is 227 g/mol. The van der Waals surface area contributed by atoms with Crippen molar-refractivity contribution in [2.75, 3.05) is 7.11 Å². The van der Waals surface area contributed by atoms with Gasteiger partial charge in [-0.2, -0.15) is 5.26 Å². The van der Waals surface area contributed by atoms with Crippen LogP contribution in [0.4, 0.5) is 8.78 Å². The molecule has 0 unspecified atom stereocenters. The molecule has 0 fully saturated rings. The van der Waals surface area contributed by atoms with Gasteiger partial charge >= 0.3 is 5.97 Å². The normalized spacial score (nSPS) is 9.94. The number of nitrogens with zero attached hydrogens (tertiary/aromatic N) is 1. The first-order valence-corrected chi connectivity index (χ1v) is 4.14. The highest BCUT2D eigenvalue weighted by molar-refractivity contribution is 5.90. The summed E-state index contributed by atoms with van der Waals surface area (Å²) in [6.45, 7) is 0. The van der Waals surface area contributed by atoms with E-state index in [9.17, 15) is 18.7 Å². The van der Waals surface area contributed by atoms with Crippen molar-refractivity contribution in [2.45, 2.75) is 6.43 Å². The van der Waals surface area contributed by atoms with Gasteiger partial charge in [-0.25, -0.2) is 13.6 Å². The Hall–Kier alpha value is -2.16. The van der Waals surface area contributed by atoms with Crippen molar-refractivity contribution in [1.82, 2.24) is 0 Å². The maximum atomic E-state index is 12.5. The van der Waals surface area contributed by atoms with Gasteiger partial charge in [0.2, 0.25) is 0 Å². The molecule has 0 heterocycles. The van der Waals surface area contributed by atoms with Gasteiger partial charge in [-0.1, -0.05) is 0 Å². The van der Waals surface area contributed by atoms with Gasteiger partial charge in [0.05, 0.1) is 29.9 Å². The number of benzene rings is 1. The molecule has 0 saturated heterocycles. The van der Waals surface area contributed by atoms with Crippen LogP contribution >= 0.6 is 0 Å². The Morgan fingerprint density at radius 3 is 2.62 bits per heavy atom. The summed E-state index contributed by atoms with van der Waals surface area (Å²) in [6.07, 6.45) is -2.98. The van der Waals surface area contributed by atoms with E-state index in [4.69, 9.17) is 5.26 Å². The van der Waals surface area contributed by atoms with Crippen LogP contribution in [-0.4, -0.2) is 18.2 Å². The number of carbonyl (C=O) groups is 1. The standard InChI is InChI=1S/C10H7F2NO3/c1-16-10(15)5-2-6(4-13)8(9(11)12)7(14)3-5/h2-3,9,14H,1H3. The number of aromatic hydroxyl groups is 1. The average Bonchev–Trinajstić information content (AvgIpc) is 2.26. The van der Waals surface area contributed by atoms with Crippen LogP contribution in [0, 0.1) is 11.3 Å². The van der Waals surface area contributed by atoms with Gasteiger partial charge in [-0.3, -0.25) is 0 Å². The van der Waals surface area contributed by atoms with Crippen molar-refractivity contribution in [2.24, 2.45) is 0 Å². The first kappa shape index (κ1) is 11.9. The molecule has 0 aromatic heterocycles. The van der Waals surface area contributed by atoms with Crippen molar-refractivity contribution in [3.63, 3.8) is 0 Å². The van der Waals surface area contributed by atoms with E-state index in [0.29, 0.717) is 0 Å². The lowest BCUT2D eigenvalue weighted by Gasteiger charge is -2.07. The van der Waals surface area contributed by atoms with E-state index >= 15 is 0 Å². The molecule has 0 aliphatic heterocycles. The molecular formula is C10H7F2NO3. The Kier molecular flexibility index (Phi) is 3.40. The number of carbonyl (C=O) groups excluding carboxylic acids is 1. The maximum absolute atomic E-state index is 12.5. The molecule has 84 valence electrons. The number of rotatable bonds is 2. The highest BCUT2D eigenvalue weighted by atomic mass is 19.3. The number of phenols is 1. The van der Waals surface area contributed by atoms with E-state index in [1.165, 1.54) is 6.07 Å². The molecular weight excluding hydrogens is 220 g/mol. The molecule has 0 saturated carbocycles. The zero-order valence-corrected chi connectivity index (χ0v) is 8.20. The zero-order valence-electron chi connectivity index (χ0n) is 8.20. The number of methoxy groups -OCH3 is 1. The first-order valence-electron chi connectivity index (χ1n) is 4.14. The summed E-state index contributed by atoms with van der Waals surface area (Å²) in [5, 5.41) is 17.9. The Morgan fingerprint density at radius 1 is 1.56 bits per heavy atom. The molecule has 1 aromatic carbocycles. The predicted molar refractivity (Wildman–Crippen MR) is 49.1 cm³/mol. The lowest BCUT2D eigenvalue weighted by atomic mass is 10.0. The first-order chi connectivity index (χ1) is 7.51. The summed E-state index contributed by atoms with van der Waals surface area (Å²) in [4.78, 5) is 11.1. The molecule has 0 spiro atoms. The molecule has 0 radical (unpaired) electrons. The highest BCUT2D eigenvalue weighted by Crippen LogP contribution is 2.32. The van der Waals surface area contributed by atoms with Crippen LogP contribution in [-0.2, 0) is 4.74 Å². The van der Waals surface area contributed by atoms with Gasteiger partial charge in [-0.05, 0) is 12.1 Å². The summed E-state index contributed by atoms with van der Waals surface area (Å²) >= 11 is 0. The van der Waals surface area contributed by atoms with Crippen LogP contribution in [0.25, 0.3) is 0 Å².